The number of ether oxygens (including phenoxy) is 1. The van der Waals surface area contributed by atoms with Crippen LogP contribution >= 0.6 is 0 Å². The van der Waals surface area contributed by atoms with Crippen LogP contribution in [0.25, 0.3) is 0 Å². The van der Waals surface area contributed by atoms with E-state index in [-0.39, 0.29) is 18.4 Å². The van der Waals surface area contributed by atoms with Crippen LogP contribution in [0.15, 0.2) is 0 Å². The van der Waals surface area contributed by atoms with Crippen molar-refractivity contribution in [3.05, 3.63) is 0 Å². The van der Waals surface area contributed by atoms with Crippen molar-refractivity contribution < 1.29 is 9.53 Å². The van der Waals surface area contributed by atoms with Crippen LogP contribution < -0.4 is 26.8 Å². The molecular weight excluding hydrogens is 276 g/mol. The molecule has 1 aromatic rings. The molecule has 1 fully saturated rings. The number of likely N-dealkylation sites (N-methyl/N-ethyl adjacent to an activating group) is 1. The molecular formula is C11H20N8O2. The van der Waals surface area contributed by atoms with Gasteiger partial charge in [-0.25, -0.2) is 5.84 Å². The van der Waals surface area contributed by atoms with Crippen LogP contribution in [0.1, 0.15) is 6.92 Å². The molecule has 116 valence electrons. The second-order valence-electron chi connectivity index (χ2n) is 4.33. The summed E-state index contributed by atoms with van der Waals surface area (Å²) in [5, 5.41) is 5.54. The standard InChI is InChI=1S/C11H20N8O2/c1-2-13-8(20)7-14-9-15-10(18-12)17-11(16-9)19-3-5-21-6-4-19/h2-7,12H2,1H3,(H,13,20)(H2,14,15,16,17,18). The van der Waals surface area contributed by atoms with E-state index in [9.17, 15) is 4.79 Å². The number of nitrogens with two attached hydrogens (primary N) is 1. The van der Waals surface area contributed by atoms with E-state index in [1.165, 1.54) is 0 Å². The van der Waals surface area contributed by atoms with Gasteiger partial charge in [0, 0.05) is 19.6 Å². The number of hydrazine groups is 1. The van der Waals surface area contributed by atoms with Gasteiger partial charge in [-0.05, 0) is 6.92 Å². The van der Waals surface area contributed by atoms with Gasteiger partial charge in [0.2, 0.25) is 23.8 Å². The molecule has 1 aromatic heterocycles. The number of aromatic nitrogens is 3. The molecule has 21 heavy (non-hydrogen) atoms. The number of anilines is 3. The number of nitrogens with one attached hydrogen (secondary N) is 3. The summed E-state index contributed by atoms with van der Waals surface area (Å²) in [6.45, 7) is 5.16. The molecule has 5 N–H and O–H groups in total. The third kappa shape index (κ3) is 4.39. The lowest BCUT2D eigenvalue weighted by Gasteiger charge is -2.27. The molecule has 1 aliphatic rings. The van der Waals surface area contributed by atoms with Crippen molar-refractivity contribution in [2.75, 3.05) is 55.0 Å². The molecule has 0 atom stereocenters. The van der Waals surface area contributed by atoms with Gasteiger partial charge in [0.25, 0.3) is 0 Å². The fourth-order valence-electron chi connectivity index (χ4n) is 1.83. The van der Waals surface area contributed by atoms with Gasteiger partial charge in [-0.3, -0.25) is 10.2 Å². The number of nitrogen functional groups attached to an aromatic ring is 1. The SMILES string of the molecule is CCNC(=O)CNc1nc(NN)nc(N2CCOCC2)n1. The third-order valence-corrected chi connectivity index (χ3v) is 2.83. The summed E-state index contributed by atoms with van der Waals surface area (Å²) in [6, 6.07) is 0. The van der Waals surface area contributed by atoms with E-state index < -0.39 is 0 Å². The van der Waals surface area contributed by atoms with Gasteiger partial charge in [0.15, 0.2) is 0 Å². The number of carbonyl (C=O) groups excluding carboxylic acids is 1. The molecule has 0 radical (unpaired) electrons. The van der Waals surface area contributed by atoms with Gasteiger partial charge in [0.1, 0.15) is 0 Å². The van der Waals surface area contributed by atoms with Crippen molar-refractivity contribution in [1.82, 2.24) is 20.3 Å². The number of hydrogen-bond acceptors (Lipinski definition) is 9. The Balaban J connectivity index is 2.07. The monoisotopic (exact) mass is 296 g/mol. The maximum Gasteiger partial charge on any atom is 0.243 e. The van der Waals surface area contributed by atoms with Gasteiger partial charge >= 0.3 is 0 Å². The molecule has 2 heterocycles. The average Bonchev–Trinajstić information content (AvgIpc) is 2.54. The Morgan fingerprint density at radius 1 is 1.29 bits per heavy atom. The predicted octanol–water partition coefficient (Wildman–Crippen LogP) is -1.46. The molecule has 0 aromatic carbocycles. The highest BCUT2D eigenvalue weighted by Crippen LogP contribution is 2.14. The van der Waals surface area contributed by atoms with E-state index >= 15 is 0 Å². The fourth-order valence-corrected chi connectivity index (χ4v) is 1.83. The predicted molar refractivity (Wildman–Crippen MR) is 77.8 cm³/mol. The van der Waals surface area contributed by atoms with Gasteiger partial charge in [0.05, 0.1) is 19.8 Å². The quantitative estimate of drug-likeness (QED) is 0.367. The first-order valence-corrected chi connectivity index (χ1v) is 6.79. The second-order valence-corrected chi connectivity index (χ2v) is 4.33. The second kappa shape index (κ2) is 7.55. The molecule has 0 spiro atoms. The average molecular weight is 296 g/mol. The van der Waals surface area contributed by atoms with Gasteiger partial charge in [-0.15, -0.1) is 0 Å². The van der Waals surface area contributed by atoms with E-state index in [1.807, 2.05) is 11.8 Å². The van der Waals surface area contributed by atoms with E-state index in [0.717, 1.165) is 0 Å². The minimum Gasteiger partial charge on any atom is -0.378 e. The number of morpholine rings is 1. The summed E-state index contributed by atoms with van der Waals surface area (Å²) in [4.78, 5) is 26.0. The Bertz CT molecular complexity index is 477. The van der Waals surface area contributed by atoms with E-state index in [2.05, 4.69) is 31.0 Å². The summed E-state index contributed by atoms with van der Waals surface area (Å²) < 4.78 is 5.29. The lowest BCUT2D eigenvalue weighted by molar-refractivity contribution is -0.119. The minimum absolute atomic E-state index is 0.0877. The number of carbonyl (C=O) groups is 1. The van der Waals surface area contributed by atoms with Crippen LogP contribution in [0, 0.1) is 0 Å². The normalized spacial score (nSPS) is 14.7. The Kier molecular flexibility index (Phi) is 5.46. The summed E-state index contributed by atoms with van der Waals surface area (Å²) >= 11 is 0. The molecule has 1 saturated heterocycles. The molecule has 10 heteroatoms. The zero-order valence-corrected chi connectivity index (χ0v) is 11.9. The largest absolute Gasteiger partial charge is 0.378 e. The Labute approximate surface area is 122 Å². The third-order valence-electron chi connectivity index (χ3n) is 2.83. The zero-order chi connectivity index (χ0) is 15.1. The summed E-state index contributed by atoms with van der Waals surface area (Å²) in [5.41, 5.74) is 2.40. The Morgan fingerprint density at radius 2 is 2.00 bits per heavy atom. The van der Waals surface area contributed by atoms with E-state index in [0.29, 0.717) is 44.7 Å². The molecule has 10 nitrogen and oxygen atoms in total. The summed E-state index contributed by atoms with van der Waals surface area (Å²) in [5.74, 6) is 6.27. The molecule has 0 aliphatic carbocycles. The number of amides is 1. The minimum atomic E-state index is -0.131. The van der Waals surface area contributed by atoms with Crippen molar-refractivity contribution >= 4 is 23.8 Å². The van der Waals surface area contributed by atoms with Gasteiger partial charge < -0.3 is 20.3 Å². The highest BCUT2D eigenvalue weighted by molar-refractivity contribution is 5.80. The van der Waals surface area contributed by atoms with Crippen LogP contribution in [0.5, 0.6) is 0 Å². The van der Waals surface area contributed by atoms with Crippen LogP contribution in [0.3, 0.4) is 0 Å². The first kappa shape index (κ1) is 15.2. The van der Waals surface area contributed by atoms with Gasteiger partial charge in [-0.1, -0.05) is 0 Å². The van der Waals surface area contributed by atoms with Crippen molar-refractivity contribution in [2.24, 2.45) is 5.84 Å². The van der Waals surface area contributed by atoms with Crippen LogP contribution in [-0.2, 0) is 9.53 Å². The first-order chi connectivity index (χ1) is 10.2. The summed E-state index contributed by atoms with van der Waals surface area (Å²) in [7, 11) is 0. The van der Waals surface area contributed by atoms with Crippen LogP contribution in [0.2, 0.25) is 0 Å². The topological polar surface area (TPSA) is 130 Å². The maximum absolute atomic E-state index is 11.4. The smallest absolute Gasteiger partial charge is 0.243 e. The van der Waals surface area contributed by atoms with Crippen molar-refractivity contribution in [3.8, 4) is 0 Å². The van der Waals surface area contributed by atoms with Crippen molar-refractivity contribution in [3.63, 3.8) is 0 Å². The molecule has 0 unspecified atom stereocenters. The zero-order valence-electron chi connectivity index (χ0n) is 11.9. The number of hydrogen-bond donors (Lipinski definition) is 4. The first-order valence-electron chi connectivity index (χ1n) is 6.79. The maximum atomic E-state index is 11.4. The molecule has 2 rings (SSSR count). The fraction of sp³-hybridized carbons (Fsp3) is 0.636. The van der Waals surface area contributed by atoms with E-state index in [1.54, 1.807) is 0 Å². The van der Waals surface area contributed by atoms with E-state index in [4.69, 9.17) is 10.6 Å². The number of nitrogens with zero attached hydrogens (tertiary/aromatic N) is 4. The Hall–Kier alpha value is -2.20. The highest BCUT2D eigenvalue weighted by atomic mass is 16.5. The molecule has 1 aliphatic heterocycles. The Morgan fingerprint density at radius 3 is 2.67 bits per heavy atom. The van der Waals surface area contributed by atoms with Crippen LogP contribution in [-0.4, -0.2) is 60.3 Å². The lowest BCUT2D eigenvalue weighted by atomic mass is 10.4. The number of rotatable bonds is 6. The molecule has 1 amide bonds. The highest BCUT2D eigenvalue weighted by Gasteiger charge is 2.16. The molecule has 0 saturated carbocycles. The van der Waals surface area contributed by atoms with Crippen molar-refractivity contribution in [2.45, 2.75) is 6.92 Å². The molecule has 0 bridgehead atoms. The van der Waals surface area contributed by atoms with Gasteiger partial charge in [-0.2, -0.15) is 15.0 Å². The summed E-state index contributed by atoms with van der Waals surface area (Å²) in [6.07, 6.45) is 0. The van der Waals surface area contributed by atoms with Crippen molar-refractivity contribution in [1.29, 1.82) is 0 Å². The lowest BCUT2D eigenvalue weighted by Crippen LogP contribution is -2.38. The van der Waals surface area contributed by atoms with Crippen LogP contribution in [0.4, 0.5) is 17.8 Å².